The molecule has 0 atom stereocenters. The zero-order chi connectivity index (χ0) is 11.0. The van der Waals surface area contributed by atoms with E-state index in [1.807, 2.05) is 6.92 Å². The molecule has 3 rings (SSSR count). The van der Waals surface area contributed by atoms with Crippen LogP contribution >= 0.6 is 0 Å². The highest BCUT2D eigenvalue weighted by atomic mass is 16.3. The Morgan fingerprint density at radius 2 is 2.00 bits per heavy atom. The molecule has 1 aliphatic rings. The number of hydrogen-bond acceptors (Lipinski definition) is 3. The van der Waals surface area contributed by atoms with Crippen LogP contribution in [0.4, 0.5) is 5.69 Å². The summed E-state index contributed by atoms with van der Waals surface area (Å²) in [6.45, 7) is 6.27. The van der Waals surface area contributed by atoms with Gasteiger partial charge in [0.2, 0.25) is 0 Å². The highest BCUT2D eigenvalue weighted by Gasteiger charge is 2.11. The highest BCUT2D eigenvalue weighted by molar-refractivity contribution is 5.81. The Morgan fingerprint density at radius 1 is 1.19 bits per heavy atom. The van der Waals surface area contributed by atoms with Crippen molar-refractivity contribution in [2.24, 2.45) is 0 Å². The van der Waals surface area contributed by atoms with Crippen LogP contribution in [0, 0.1) is 6.92 Å². The lowest BCUT2D eigenvalue weighted by Gasteiger charge is -2.29. The minimum atomic E-state index is 0.979. The third-order valence-corrected chi connectivity index (χ3v) is 3.11. The molecule has 0 amide bonds. The van der Waals surface area contributed by atoms with Gasteiger partial charge in [0, 0.05) is 43.3 Å². The van der Waals surface area contributed by atoms with Gasteiger partial charge in [-0.3, -0.25) is 0 Å². The molecule has 0 unspecified atom stereocenters. The van der Waals surface area contributed by atoms with Gasteiger partial charge in [0.1, 0.15) is 11.3 Å². The van der Waals surface area contributed by atoms with Crippen LogP contribution < -0.4 is 10.2 Å². The van der Waals surface area contributed by atoms with Crippen LogP contribution in [-0.2, 0) is 0 Å². The van der Waals surface area contributed by atoms with Crippen molar-refractivity contribution in [3.8, 4) is 0 Å². The van der Waals surface area contributed by atoms with Crippen molar-refractivity contribution in [2.75, 3.05) is 31.1 Å². The first-order valence-corrected chi connectivity index (χ1v) is 5.79. The molecule has 16 heavy (non-hydrogen) atoms. The molecular weight excluding hydrogens is 200 g/mol. The quantitative estimate of drug-likeness (QED) is 0.791. The fourth-order valence-electron chi connectivity index (χ4n) is 2.27. The second kappa shape index (κ2) is 3.83. The topological polar surface area (TPSA) is 28.4 Å². The first kappa shape index (κ1) is 9.73. The molecule has 2 heterocycles. The van der Waals surface area contributed by atoms with Gasteiger partial charge >= 0.3 is 0 Å². The summed E-state index contributed by atoms with van der Waals surface area (Å²) in [6, 6.07) is 8.55. The molecular formula is C13H16N2O. The Kier molecular flexibility index (Phi) is 2.33. The van der Waals surface area contributed by atoms with Crippen molar-refractivity contribution in [1.29, 1.82) is 0 Å². The first-order chi connectivity index (χ1) is 7.83. The minimum absolute atomic E-state index is 0.979. The number of hydrogen-bond donors (Lipinski definition) is 1. The van der Waals surface area contributed by atoms with E-state index in [0.717, 1.165) is 37.5 Å². The first-order valence-electron chi connectivity index (χ1n) is 5.79. The standard InChI is InChI=1S/C13H16N2O/c1-10-8-11-2-3-12(9-13(11)16-10)15-6-4-14-5-7-15/h2-3,8-9,14H,4-7H2,1H3. The zero-order valence-corrected chi connectivity index (χ0v) is 9.49. The number of nitrogens with one attached hydrogen (secondary N) is 1. The maximum atomic E-state index is 5.66. The van der Waals surface area contributed by atoms with Gasteiger partial charge in [0.15, 0.2) is 0 Å². The van der Waals surface area contributed by atoms with E-state index < -0.39 is 0 Å². The summed E-state index contributed by atoms with van der Waals surface area (Å²) in [5, 5.41) is 4.55. The lowest BCUT2D eigenvalue weighted by atomic mass is 10.2. The second-order valence-electron chi connectivity index (χ2n) is 4.32. The molecule has 1 N–H and O–H groups in total. The van der Waals surface area contributed by atoms with E-state index in [0.29, 0.717) is 0 Å². The molecule has 0 aliphatic carbocycles. The predicted molar refractivity (Wildman–Crippen MR) is 66.0 cm³/mol. The molecule has 84 valence electrons. The number of fused-ring (bicyclic) bond motifs is 1. The summed E-state index contributed by atoms with van der Waals surface area (Å²) in [6.07, 6.45) is 0. The maximum absolute atomic E-state index is 5.66. The Hall–Kier alpha value is -1.48. The van der Waals surface area contributed by atoms with Crippen molar-refractivity contribution in [3.63, 3.8) is 0 Å². The van der Waals surface area contributed by atoms with E-state index in [-0.39, 0.29) is 0 Å². The summed E-state index contributed by atoms with van der Waals surface area (Å²) in [7, 11) is 0. The van der Waals surface area contributed by atoms with Crippen molar-refractivity contribution in [2.45, 2.75) is 6.92 Å². The smallest absolute Gasteiger partial charge is 0.136 e. The minimum Gasteiger partial charge on any atom is -0.461 e. The van der Waals surface area contributed by atoms with Crippen LogP contribution in [0.3, 0.4) is 0 Å². The Labute approximate surface area is 95.0 Å². The molecule has 3 heteroatoms. The number of anilines is 1. The highest BCUT2D eigenvalue weighted by Crippen LogP contribution is 2.25. The van der Waals surface area contributed by atoms with Crippen LogP contribution in [0.25, 0.3) is 11.0 Å². The van der Waals surface area contributed by atoms with Gasteiger partial charge in [-0.1, -0.05) is 0 Å². The van der Waals surface area contributed by atoms with Crippen LogP contribution in [0.15, 0.2) is 28.7 Å². The van der Waals surface area contributed by atoms with Crippen LogP contribution in [-0.4, -0.2) is 26.2 Å². The summed E-state index contributed by atoms with van der Waals surface area (Å²) in [5.41, 5.74) is 2.26. The fourth-order valence-corrected chi connectivity index (χ4v) is 2.27. The summed E-state index contributed by atoms with van der Waals surface area (Å²) >= 11 is 0. The van der Waals surface area contributed by atoms with Crippen LogP contribution in [0.2, 0.25) is 0 Å². The third kappa shape index (κ3) is 1.67. The molecule has 0 saturated carbocycles. The molecule has 1 aromatic heterocycles. The fraction of sp³-hybridized carbons (Fsp3) is 0.385. The van der Waals surface area contributed by atoms with Gasteiger partial charge in [-0.05, 0) is 25.1 Å². The monoisotopic (exact) mass is 216 g/mol. The third-order valence-electron chi connectivity index (χ3n) is 3.11. The van der Waals surface area contributed by atoms with E-state index >= 15 is 0 Å². The number of rotatable bonds is 1. The molecule has 0 spiro atoms. The van der Waals surface area contributed by atoms with Crippen molar-refractivity contribution < 1.29 is 4.42 Å². The zero-order valence-electron chi connectivity index (χ0n) is 9.49. The lowest BCUT2D eigenvalue weighted by molar-refractivity contribution is 0.575. The largest absolute Gasteiger partial charge is 0.461 e. The summed E-state index contributed by atoms with van der Waals surface area (Å²) in [5.74, 6) is 0.979. The Morgan fingerprint density at radius 3 is 2.81 bits per heavy atom. The number of furan rings is 1. The van der Waals surface area contributed by atoms with Gasteiger partial charge < -0.3 is 14.6 Å². The van der Waals surface area contributed by atoms with E-state index in [2.05, 4.69) is 34.5 Å². The molecule has 1 aliphatic heterocycles. The number of piperazine rings is 1. The molecule has 0 radical (unpaired) electrons. The lowest BCUT2D eigenvalue weighted by Crippen LogP contribution is -2.43. The van der Waals surface area contributed by atoms with E-state index in [1.54, 1.807) is 0 Å². The molecule has 2 aromatic rings. The molecule has 1 aromatic carbocycles. The SMILES string of the molecule is Cc1cc2ccc(N3CCNCC3)cc2o1. The number of benzene rings is 1. The average Bonchev–Trinajstić information content (AvgIpc) is 2.69. The van der Waals surface area contributed by atoms with Gasteiger partial charge in [0.25, 0.3) is 0 Å². The average molecular weight is 216 g/mol. The van der Waals surface area contributed by atoms with Crippen molar-refractivity contribution in [1.82, 2.24) is 5.32 Å². The number of aryl methyl sites for hydroxylation is 1. The Bertz CT molecular complexity index is 498. The Balaban J connectivity index is 1.97. The van der Waals surface area contributed by atoms with Gasteiger partial charge in [-0.15, -0.1) is 0 Å². The summed E-state index contributed by atoms with van der Waals surface area (Å²) < 4.78 is 5.66. The van der Waals surface area contributed by atoms with Gasteiger partial charge in [-0.25, -0.2) is 0 Å². The number of nitrogens with zero attached hydrogens (tertiary/aromatic N) is 1. The summed E-state index contributed by atoms with van der Waals surface area (Å²) in [4.78, 5) is 2.40. The van der Waals surface area contributed by atoms with Gasteiger partial charge in [0.05, 0.1) is 0 Å². The molecule has 1 fully saturated rings. The maximum Gasteiger partial charge on any atom is 0.136 e. The van der Waals surface area contributed by atoms with Gasteiger partial charge in [-0.2, -0.15) is 0 Å². The second-order valence-corrected chi connectivity index (χ2v) is 4.32. The molecule has 0 bridgehead atoms. The normalized spacial score (nSPS) is 16.9. The molecule has 1 saturated heterocycles. The van der Waals surface area contributed by atoms with Crippen LogP contribution in [0.1, 0.15) is 5.76 Å². The van der Waals surface area contributed by atoms with Crippen LogP contribution in [0.5, 0.6) is 0 Å². The molecule has 3 nitrogen and oxygen atoms in total. The van der Waals surface area contributed by atoms with E-state index in [4.69, 9.17) is 4.42 Å². The van der Waals surface area contributed by atoms with E-state index in [9.17, 15) is 0 Å². The van der Waals surface area contributed by atoms with Crippen molar-refractivity contribution in [3.05, 3.63) is 30.0 Å². The van der Waals surface area contributed by atoms with Crippen molar-refractivity contribution >= 4 is 16.7 Å². The predicted octanol–water partition coefficient (Wildman–Crippen LogP) is 2.15. The van der Waals surface area contributed by atoms with E-state index in [1.165, 1.54) is 11.1 Å².